The van der Waals surface area contributed by atoms with E-state index in [1.54, 1.807) is 0 Å². The molecule has 0 N–H and O–H groups in total. The second kappa shape index (κ2) is 10.7. The Morgan fingerprint density at radius 1 is 1.04 bits per heavy atom. The summed E-state index contributed by atoms with van der Waals surface area (Å²) in [6.45, 7) is 7.31. The van der Waals surface area contributed by atoms with E-state index < -0.39 is 0 Å². The van der Waals surface area contributed by atoms with Crippen molar-refractivity contribution in [1.82, 2.24) is 14.7 Å². The van der Waals surface area contributed by atoms with Crippen molar-refractivity contribution in [2.45, 2.75) is 51.1 Å². The number of rotatable bonds is 7. The Labute approximate surface area is 174 Å². The van der Waals surface area contributed by atoms with Gasteiger partial charge in [-0.3, -0.25) is 9.69 Å². The molecule has 0 unspecified atom stereocenters. The van der Waals surface area contributed by atoms with E-state index >= 15 is 0 Å². The molecule has 1 aliphatic carbocycles. The lowest BCUT2D eigenvalue weighted by atomic mass is 9.94. The molecule has 1 heterocycles. The van der Waals surface area contributed by atoms with Crippen molar-refractivity contribution in [1.29, 1.82) is 0 Å². The Morgan fingerprint density at radius 3 is 2.30 bits per heavy atom. The van der Waals surface area contributed by atoms with E-state index in [1.807, 2.05) is 17.0 Å². The Bertz CT molecular complexity index is 584. The van der Waals surface area contributed by atoms with E-state index in [0.29, 0.717) is 6.04 Å². The van der Waals surface area contributed by atoms with Crippen LogP contribution in [0.15, 0.2) is 24.3 Å². The Hall–Kier alpha value is -0.750. The van der Waals surface area contributed by atoms with Gasteiger partial charge in [0.15, 0.2) is 0 Å². The normalized spacial score (nSPS) is 19.9. The molecular formula is C21H32ClN3OS. The smallest absolute Gasteiger partial charge is 0.278 e. The summed E-state index contributed by atoms with van der Waals surface area (Å²) < 4.78 is 0. The van der Waals surface area contributed by atoms with Crippen molar-refractivity contribution in [2.24, 2.45) is 0 Å². The largest absolute Gasteiger partial charge is 0.331 e. The highest BCUT2D eigenvalue weighted by atomic mass is 35.5. The lowest BCUT2D eigenvalue weighted by Gasteiger charge is -2.36. The summed E-state index contributed by atoms with van der Waals surface area (Å²) in [6, 6.07) is 8.58. The Kier molecular flexibility index (Phi) is 8.31. The van der Waals surface area contributed by atoms with E-state index in [9.17, 15) is 4.79 Å². The van der Waals surface area contributed by atoms with Gasteiger partial charge >= 0.3 is 0 Å². The number of hydrogen-bond donors (Lipinski definition) is 1. The third-order valence-electron chi connectivity index (χ3n) is 5.92. The second-order valence-electron chi connectivity index (χ2n) is 7.87. The molecule has 1 amide bonds. The fraction of sp³-hybridized carbons (Fsp3) is 0.667. The van der Waals surface area contributed by atoms with Crippen molar-refractivity contribution >= 4 is 29.5 Å². The van der Waals surface area contributed by atoms with Gasteiger partial charge in [-0.05, 0) is 43.5 Å². The molecule has 1 aliphatic heterocycles. The van der Waals surface area contributed by atoms with Crippen LogP contribution in [0.3, 0.4) is 0 Å². The van der Waals surface area contributed by atoms with E-state index in [0.717, 1.165) is 70.1 Å². The maximum absolute atomic E-state index is 11.9. The van der Waals surface area contributed by atoms with E-state index in [2.05, 4.69) is 34.6 Å². The zero-order valence-electron chi connectivity index (χ0n) is 16.2. The summed E-state index contributed by atoms with van der Waals surface area (Å²) in [5.41, 5.74) is 1.32. The van der Waals surface area contributed by atoms with Crippen LogP contribution in [0, 0.1) is 0 Å². The molecular weight excluding hydrogens is 378 g/mol. The minimum Gasteiger partial charge on any atom is -0.331 e. The van der Waals surface area contributed by atoms with E-state index in [4.69, 9.17) is 11.6 Å². The molecule has 0 radical (unpaired) electrons. The topological polar surface area (TPSA) is 26.8 Å². The van der Waals surface area contributed by atoms with Crippen LogP contribution in [-0.2, 0) is 6.54 Å². The van der Waals surface area contributed by atoms with Gasteiger partial charge in [-0.1, -0.05) is 55.6 Å². The number of carbonyl (C=O) groups is 1. The molecule has 0 atom stereocenters. The van der Waals surface area contributed by atoms with Crippen LogP contribution in [0.1, 0.15) is 44.1 Å². The molecule has 4 nitrogen and oxygen atoms in total. The lowest BCUT2D eigenvalue weighted by Crippen LogP contribution is -2.47. The predicted octanol–water partition coefficient (Wildman–Crippen LogP) is 4.53. The first kappa shape index (κ1) is 21.0. The molecule has 1 saturated heterocycles. The zero-order valence-corrected chi connectivity index (χ0v) is 17.8. The molecule has 3 rings (SSSR count). The van der Waals surface area contributed by atoms with Crippen LogP contribution < -0.4 is 0 Å². The summed E-state index contributed by atoms with van der Waals surface area (Å²) in [5, 5.41) is 0.750. The number of nitrogens with zero attached hydrogens (tertiary/aromatic N) is 3. The fourth-order valence-corrected chi connectivity index (χ4v) is 4.70. The first-order valence-electron chi connectivity index (χ1n) is 10.3. The summed E-state index contributed by atoms with van der Waals surface area (Å²) >= 11 is 10.1. The SMILES string of the molecule is O=C(S)N(CCCN1CCN(Cc2ccc(Cl)cc2)CC1)C1CCCCC1. The second-order valence-corrected chi connectivity index (χ2v) is 8.68. The summed E-state index contributed by atoms with van der Waals surface area (Å²) in [4.78, 5) is 19.0. The van der Waals surface area contributed by atoms with E-state index in [1.165, 1.54) is 24.8 Å². The quantitative estimate of drug-likeness (QED) is 0.670. The van der Waals surface area contributed by atoms with Gasteiger partial charge in [0.2, 0.25) is 0 Å². The molecule has 1 aromatic rings. The molecule has 6 heteroatoms. The molecule has 2 aliphatic rings. The van der Waals surface area contributed by atoms with Crippen molar-refractivity contribution in [3.05, 3.63) is 34.9 Å². The standard InChI is InChI=1S/C21H32ClN3OS/c22-19-9-7-18(8-10-19)17-24-15-13-23(14-16-24)11-4-12-25(21(26)27)20-5-2-1-3-6-20/h7-10,20H,1-6,11-17H2,(H,26,27). The monoisotopic (exact) mass is 409 g/mol. The van der Waals surface area contributed by atoms with Crippen LogP contribution in [0.5, 0.6) is 0 Å². The van der Waals surface area contributed by atoms with Crippen LogP contribution in [0.25, 0.3) is 0 Å². The van der Waals surface area contributed by atoms with Gasteiger partial charge in [0.05, 0.1) is 0 Å². The molecule has 150 valence electrons. The first-order valence-corrected chi connectivity index (χ1v) is 11.1. The molecule has 2 fully saturated rings. The lowest BCUT2D eigenvalue weighted by molar-refractivity contribution is 0.119. The van der Waals surface area contributed by atoms with Gasteiger partial charge in [-0.2, -0.15) is 0 Å². The predicted molar refractivity (Wildman–Crippen MR) is 116 cm³/mol. The average Bonchev–Trinajstić information content (AvgIpc) is 2.69. The number of hydrogen-bond acceptors (Lipinski definition) is 3. The van der Waals surface area contributed by atoms with Crippen molar-refractivity contribution in [2.75, 3.05) is 39.3 Å². The number of amides is 1. The number of carbonyl (C=O) groups excluding carboxylic acids is 1. The zero-order chi connectivity index (χ0) is 19.1. The van der Waals surface area contributed by atoms with Crippen LogP contribution >= 0.6 is 24.2 Å². The molecule has 0 aromatic heterocycles. The molecule has 1 aromatic carbocycles. The van der Waals surface area contributed by atoms with Crippen molar-refractivity contribution in [3.8, 4) is 0 Å². The third-order valence-corrected chi connectivity index (χ3v) is 6.43. The first-order chi connectivity index (χ1) is 13.1. The maximum atomic E-state index is 11.9. The molecule has 1 saturated carbocycles. The molecule has 27 heavy (non-hydrogen) atoms. The summed E-state index contributed by atoms with van der Waals surface area (Å²) in [5.74, 6) is 0. The Morgan fingerprint density at radius 2 is 1.67 bits per heavy atom. The van der Waals surface area contributed by atoms with Crippen molar-refractivity contribution < 1.29 is 4.79 Å². The number of halogens is 1. The number of benzene rings is 1. The number of thiol groups is 1. The van der Waals surface area contributed by atoms with Crippen LogP contribution in [0.4, 0.5) is 4.79 Å². The molecule has 0 spiro atoms. The highest BCUT2D eigenvalue weighted by molar-refractivity contribution is 7.96. The highest BCUT2D eigenvalue weighted by Crippen LogP contribution is 2.24. The van der Waals surface area contributed by atoms with Gasteiger partial charge in [0.25, 0.3) is 5.24 Å². The third kappa shape index (κ3) is 6.67. The van der Waals surface area contributed by atoms with Crippen molar-refractivity contribution in [3.63, 3.8) is 0 Å². The van der Waals surface area contributed by atoms with E-state index in [-0.39, 0.29) is 5.24 Å². The maximum Gasteiger partial charge on any atom is 0.278 e. The average molecular weight is 410 g/mol. The fourth-order valence-electron chi connectivity index (χ4n) is 4.31. The highest BCUT2D eigenvalue weighted by Gasteiger charge is 2.24. The van der Waals surface area contributed by atoms with Gasteiger partial charge in [-0.15, -0.1) is 0 Å². The summed E-state index contributed by atoms with van der Waals surface area (Å²) in [7, 11) is 0. The van der Waals surface area contributed by atoms with Gasteiger partial charge in [0, 0.05) is 50.3 Å². The van der Waals surface area contributed by atoms with Gasteiger partial charge in [-0.25, -0.2) is 0 Å². The minimum absolute atomic E-state index is 0.0466. The Balaban J connectivity index is 1.36. The number of piperazine rings is 1. The molecule has 0 bridgehead atoms. The van der Waals surface area contributed by atoms with Gasteiger partial charge in [0.1, 0.15) is 0 Å². The summed E-state index contributed by atoms with van der Waals surface area (Å²) in [6.07, 6.45) is 7.15. The van der Waals surface area contributed by atoms with Crippen LogP contribution in [0.2, 0.25) is 5.02 Å². The van der Waals surface area contributed by atoms with Gasteiger partial charge < -0.3 is 9.80 Å². The minimum atomic E-state index is -0.0466. The van der Waals surface area contributed by atoms with Crippen LogP contribution in [-0.4, -0.2) is 65.2 Å².